The Balaban J connectivity index is 1.31. The summed E-state index contributed by atoms with van der Waals surface area (Å²) >= 11 is 0. The minimum absolute atomic E-state index is 0.123. The van der Waals surface area contributed by atoms with E-state index in [0.717, 1.165) is 16.5 Å². The van der Waals surface area contributed by atoms with E-state index in [2.05, 4.69) is 15.6 Å². The molecule has 2 heterocycles. The minimum atomic E-state index is -0.700. The monoisotopic (exact) mass is 406 g/mol. The number of ether oxygens (including phenoxy) is 1. The number of carbonyl (C=O) groups is 3. The second-order valence-electron chi connectivity index (χ2n) is 7.14. The number of benzene rings is 2. The van der Waals surface area contributed by atoms with Gasteiger partial charge in [0.1, 0.15) is 11.8 Å². The number of urea groups is 1. The van der Waals surface area contributed by atoms with Crippen molar-refractivity contribution >= 4 is 34.4 Å². The molecule has 8 nitrogen and oxygen atoms in total. The van der Waals surface area contributed by atoms with E-state index >= 15 is 0 Å². The highest BCUT2D eigenvalue weighted by atomic mass is 16.5. The number of imide groups is 1. The van der Waals surface area contributed by atoms with Crippen LogP contribution in [0.1, 0.15) is 18.4 Å². The van der Waals surface area contributed by atoms with Crippen LogP contribution in [0.4, 0.5) is 10.5 Å². The zero-order chi connectivity index (χ0) is 21.1. The number of carbonyl (C=O) groups excluding carboxylic acids is 3. The summed E-state index contributed by atoms with van der Waals surface area (Å²) in [5.41, 5.74) is 2.50. The van der Waals surface area contributed by atoms with Gasteiger partial charge in [-0.25, -0.2) is 4.79 Å². The Bertz CT molecular complexity index is 1090. The molecule has 1 atom stereocenters. The van der Waals surface area contributed by atoms with Crippen LogP contribution < -0.4 is 15.4 Å². The predicted molar refractivity (Wildman–Crippen MR) is 112 cm³/mol. The van der Waals surface area contributed by atoms with Crippen LogP contribution in [0.3, 0.4) is 0 Å². The topological polar surface area (TPSA) is 104 Å². The summed E-state index contributed by atoms with van der Waals surface area (Å²) in [6.07, 6.45) is 2.20. The van der Waals surface area contributed by atoms with E-state index in [4.69, 9.17) is 4.74 Å². The average molecular weight is 406 g/mol. The van der Waals surface area contributed by atoms with Crippen molar-refractivity contribution in [2.45, 2.75) is 25.4 Å². The molecule has 8 heteroatoms. The first-order valence-electron chi connectivity index (χ1n) is 9.65. The second-order valence-corrected chi connectivity index (χ2v) is 7.14. The van der Waals surface area contributed by atoms with Crippen molar-refractivity contribution in [1.29, 1.82) is 0 Å². The van der Waals surface area contributed by atoms with Crippen LogP contribution >= 0.6 is 0 Å². The van der Waals surface area contributed by atoms with Crippen molar-refractivity contribution in [1.82, 2.24) is 15.2 Å². The Hall–Kier alpha value is -3.81. The van der Waals surface area contributed by atoms with Gasteiger partial charge in [0.05, 0.1) is 13.7 Å². The number of fused-ring (bicyclic) bond motifs is 1. The lowest BCUT2D eigenvalue weighted by atomic mass is 10.1. The number of nitrogens with zero attached hydrogens (tertiary/aromatic N) is 1. The number of methoxy groups -OCH3 is 1. The van der Waals surface area contributed by atoms with Crippen molar-refractivity contribution in [2.24, 2.45) is 0 Å². The molecule has 3 aromatic rings. The minimum Gasteiger partial charge on any atom is -0.497 e. The largest absolute Gasteiger partial charge is 0.497 e. The van der Waals surface area contributed by atoms with Crippen LogP contribution in [0.5, 0.6) is 5.75 Å². The maximum Gasteiger partial charge on any atom is 0.325 e. The second kappa shape index (κ2) is 8.28. The quantitative estimate of drug-likeness (QED) is 0.525. The van der Waals surface area contributed by atoms with Gasteiger partial charge in [-0.3, -0.25) is 14.5 Å². The van der Waals surface area contributed by atoms with E-state index in [1.54, 1.807) is 19.2 Å². The number of rotatable bonds is 7. The van der Waals surface area contributed by atoms with Crippen LogP contribution in [0.15, 0.2) is 54.7 Å². The summed E-state index contributed by atoms with van der Waals surface area (Å²) in [6, 6.07) is 13.5. The third kappa shape index (κ3) is 4.12. The van der Waals surface area contributed by atoms with Gasteiger partial charge < -0.3 is 20.4 Å². The normalized spacial score (nSPS) is 16.0. The zero-order valence-corrected chi connectivity index (χ0v) is 16.5. The molecule has 1 aliphatic heterocycles. The Morgan fingerprint density at radius 3 is 2.70 bits per heavy atom. The predicted octanol–water partition coefficient (Wildman–Crippen LogP) is 3.02. The standard InChI is InChI=1S/C22H22N4O4/c1-30-17-5-2-14(3-6-17)13-26-21(28)19(25-22(26)29)8-9-20(27)24-16-4-7-18-15(12-16)10-11-23-18/h2-7,10-12,19,23H,8-9,13H2,1H3,(H,24,27)(H,25,29). The first-order chi connectivity index (χ1) is 14.5. The summed E-state index contributed by atoms with van der Waals surface area (Å²) in [4.78, 5) is 41.4. The molecule has 4 amide bonds. The molecule has 30 heavy (non-hydrogen) atoms. The molecule has 1 aliphatic rings. The summed E-state index contributed by atoms with van der Waals surface area (Å²) in [7, 11) is 1.58. The van der Waals surface area contributed by atoms with E-state index < -0.39 is 12.1 Å². The van der Waals surface area contributed by atoms with Crippen LogP contribution in [-0.4, -0.2) is 40.9 Å². The van der Waals surface area contributed by atoms with Gasteiger partial charge in [-0.05, 0) is 48.4 Å². The molecule has 0 saturated carbocycles. The van der Waals surface area contributed by atoms with E-state index in [0.29, 0.717) is 11.4 Å². The lowest BCUT2D eigenvalue weighted by Gasteiger charge is -2.13. The SMILES string of the molecule is COc1ccc(CN2C(=O)NC(CCC(=O)Nc3ccc4[nH]ccc4c3)C2=O)cc1. The molecule has 154 valence electrons. The number of anilines is 1. The zero-order valence-electron chi connectivity index (χ0n) is 16.5. The number of aromatic amines is 1. The Labute approximate surface area is 173 Å². The van der Waals surface area contributed by atoms with E-state index in [1.807, 2.05) is 42.6 Å². The molecule has 0 spiro atoms. The fraction of sp³-hybridized carbons (Fsp3) is 0.227. The van der Waals surface area contributed by atoms with E-state index in [-0.39, 0.29) is 31.2 Å². The highest BCUT2D eigenvalue weighted by molar-refractivity contribution is 6.04. The molecule has 0 bridgehead atoms. The van der Waals surface area contributed by atoms with Crippen LogP contribution in [0, 0.1) is 0 Å². The third-order valence-electron chi connectivity index (χ3n) is 5.10. The van der Waals surface area contributed by atoms with Crippen molar-refractivity contribution in [3.8, 4) is 5.75 Å². The summed E-state index contributed by atoms with van der Waals surface area (Å²) in [6.45, 7) is 0.175. The maximum atomic E-state index is 12.6. The maximum absolute atomic E-state index is 12.6. The highest BCUT2D eigenvalue weighted by Crippen LogP contribution is 2.20. The van der Waals surface area contributed by atoms with Crippen molar-refractivity contribution in [3.05, 3.63) is 60.3 Å². The van der Waals surface area contributed by atoms with Crippen molar-refractivity contribution in [3.63, 3.8) is 0 Å². The lowest BCUT2D eigenvalue weighted by molar-refractivity contribution is -0.128. The molecule has 1 aromatic heterocycles. The fourth-order valence-electron chi connectivity index (χ4n) is 3.47. The first-order valence-corrected chi connectivity index (χ1v) is 9.65. The number of nitrogens with one attached hydrogen (secondary N) is 3. The number of amides is 4. The highest BCUT2D eigenvalue weighted by Gasteiger charge is 2.37. The Morgan fingerprint density at radius 2 is 1.93 bits per heavy atom. The van der Waals surface area contributed by atoms with Gasteiger partial charge >= 0.3 is 6.03 Å². The summed E-state index contributed by atoms with van der Waals surface area (Å²) in [5, 5.41) is 6.50. The van der Waals surface area contributed by atoms with Crippen molar-refractivity contribution < 1.29 is 19.1 Å². The molecule has 1 unspecified atom stereocenters. The van der Waals surface area contributed by atoms with Crippen LogP contribution in [0.2, 0.25) is 0 Å². The molecule has 3 N–H and O–H groups in total. The molecular formula is C22H22N4O4. The van der Waals surface area contributed by atoms with Gasteiger partial charge in [0.2, 0.25) is 5.91 Å². The van der Waals surface area contributed by atoms with Crippen LogP contribution in [-0.2, 0) is 16.1 Å². The van der Waals surface area contributed by atoms with Gasteiger partial charge in [0.15, 0.2) is 0 Å². The molecule has 2 aromatic carbocycles. The Morgan fingerprint density at radius 1 is 1.13 bits per heavy atom. The first kappa shape index (κ1) is 19.5. The average Bonchev–Trinajstić information content (AvgIpc) is 3.32. The number of hydrogen-bond donors (Lipinski definition) is 3. The molecule has 0 radical (unpaired) electrons. The molecular weight excluding hydrogens is 384 g/mol. The summed E-state index contributed by atoms with van der Waals surface area (Å²) in [5.74, 6) is 0.174. The molecule has 1 saturated heterocycles. The molecule has 1 fully saturated rings. The number of hydrogen-bond acceptors (Lipinski definition) is 4. The fourth-order valence-corrected chi connectivity index (χ4v) is 3.47. The Kier molecular flexibility index (Phi) is 5.38. The van der Waals surface area contributed by atoms with Gasteiger partial charge in [-0.1, -0.05) is 12.1 Å². The number of H-pyrrole nitrogens is 1. The van der Waals surface area contributed by atoms with Gasteiger partial charge in [0.25, 0.3) is 5.91 Å². The van der Waals surface area contributed by atoms with Crippen LogP contribution in [0.25, 0.3) is 10.9 Å². The lowest BCUT2D eigenvalue weighted by Crippen LogP contribution is -2.31. The summed E-state index contributed by atoms with van der Waals surface area (Å²) < 4.78 is 5.11. The smallest absolute Gasteiger partial charge is 0.325 e. The van der Waals surface area contributed by atoms with Gasteiger partial charge in [-0.2, -0.15) is 0 Å². The van der Waals surface area contributed by atoms with Gasteiger partial charge in [-0.15, -0.1) is 0 Å². The van der Waals surface area contributed by atoms with E-state index in [1.165, 1.54) is 4.90 Å². The van der Waals surface area contributed by atoms with Gasteiger partial charge in [0, 0.05) is 29.2 Å². The van der Waals surface area contributed by atoms with Crippen molar-refractivity contribution in [2.75, 3.05) is 12.4 Å². The molecule has 4 rings (SSSR count). The van der Waals surface area contributed by atoms with E-state index in [9.17, 15) is 14.4 Å². The number of aromatic nitrogens is 1. The third-order valence-corrected chi connectivity index (χ3v) is 5.10. The molecule has 0 aliphatic carbocycles.